The number of aromatic amines is 1. The second kappa shape index (κ2) is 6.45. The van der Waals surface area contributed by atoms with Crippen LogP contribution in [0.25, 0.3) is 21.8 Å². The highest BCUT2D eigenvalue weighted by molar-refractivity contribution is 6.11. The minimum absolute atomic E-state index is 0.100. The topological polar surface area (TPSA) is 63.9 Å². The van der Waals surface area contributed by atoms with Crippen LogP contribution in [-0.4, -0.2) is 30.3 Å². The molecule has 0 saturated carbocycles. The lowest BCUT2D eigenvalue weighted by molar-refractivity contribution is 0.0728. The van der Waals surface area contributed by atoms with Crippen molar-refractivity contribution in [1.29, 1.82) is 0 Å². The fraction of sp³-hybridized carbons (Fsp3) is 0.136. The van der Waals surface area contributed by atoms with Crippen molar-refractivity contribution in [3.8, 4) is 11.5 Å². The van der Waals surface area contributed by atoms with Crippen molar-refractivity contribution < 1.29 is 19.0 Å². The first kappa shape index (κ1) is 15.9. The maximum atomic E-state index is 12.5. The number of esters is 1. The summed E-state index contributed by atoms with van der Waals surface area (Å²) in [4.78, 5) is 15.9. The Labute approximate surface area is 155 Å². The van der Waals surface area contributed by atoms with Gasteiger partial charge in [-0.05, 0) is 30.3 Å². The number of benzene rings is 3. The maximum Gasteiger partial charge on any atom is 0.343 e. The van der Waals surface area contributed by atoms with Crippen molar-refractivity contribution in [2.45, 2.75) is 6.10 Å². The summed E-state index contributed by atoms with van der Waals surface area (Å²) < 4.78 is 17.0. The number of hydrogen-bond donors (Lipinski definition) is 1. The molecule has 0 bridgehead atoms. The quantitative estimate of drug-likeness (QED) is 0.327. The van der Waals surface area contributed by atoms with E-state index in [-0.39, 0.29) is 6.10 Å². The van der Waals surface area contributed by atoms with E-state index in [1.165, 1.54) is 0 Å². The molecule has 27 heavy (non-hydrogen) atoms. The highest BCUT2D eigenvalue weighted by atomic mass is 16.6. The molecule has 5 nitrogen and oxygen atoms in total. The van der Waals surface area contributed by atoms with Gasteiger partial charge >= 0.3 is 5.97 Å². The Balaban J connectivity index is 1.60. The van der Waals surface area contributed by atoms with E-state index in [1.54, 1.807) is 30.3 Å². The molecule has 1 aliphatic rings. The van der Waals surface area contributed by atoms with Gasteiger partial charge in [-0.25, -0.2) is 4.79 Å². The van der Waals surface area contributed by atoms with Crippen LogP contribution in [0.2, 0.25) is 0 Å². The number of H-pyrrole nitrogens is 1. The van der Waals surface area contributed by atoms with Gasteiger partial charge in [-0.1, -0.05) is 36.4 Å². The highest BCUT2D eigenvalue weighted by Gasteiger charge is 2.25. The molecule has 3 aromatic carbocycles. The molecule has 0 radical (unpaired) electrons. The molecule has 1 N–H and O–H groups in total. The number of aromatic nitrogens is 1. The van der Waals surface area contributed by atoms with Crippen molar-refractivity contribution in [3.63, 3.8) is 0 Å². The summed E-state index contributed by atoms with van der Waals surface area (Å²) >= 11 is 0. The molecular weight excluding hydrogens is 342 g/mol. The second-order valence-electron chi connectivity index (χ2n) is 6.51. The molecule has 134 valence electrons. The molecule has 0 spiro atoms. The average Bonchev–Trinajstić information content (AvgIpc) is 3.46. The molecule has 0 aliphatic carbocycles. The van der Waals surface area contributed by atoms with Gasteiger partial charge in [0.1, 0.15) is 12.7 Å². The molecule has 2 heterocycles. The minimum Gasteiger partial charge on any atom is -0.486 e. The van der Waals surface area contributed by atoms with E-state index >= 15 is 0 Å². The lowest BCUT2D eigenvalue weighted by atomic mass is 10.1. The van der Waals surface area contributed by atoms with Gasteiger partial charge in [0.25, 0.3) is 0 Å². The van der Waals surface area contributed by atoms with E-state index in [1.807, 2.05) is 36.4 Å². The Morgan fingerprint density at radius 1 is 1.00 bits per heavy atom. The predicted octanol–water partition coefficient (Wildman–Crippen LogP) is 4.32. The van der Waals surface area contributed by atoms with Crippen molar-refractivity contribution in [2.24, 2.45) is 0 Å². The zero-order valence-corrected chi connectivity index (χ0v) is 14.5. The second-order valence-corrected chi connectivity index (χ2v) is 6.51. The van der Waals surface area contributed by atoms with Crippen LogP contribution in [0.3, 0.4) is 0 Å². The fourth-order valence-electron chi connectivity index (χ4n) is 3.19. The highest BCUT2D eigenvalue weighted by Crippen LogP contribution is 2.40. The molecule has 4 aromatic rings. The van der Waals surface area contributed by atoms with E-state index in [0.717, 1.165) is 21.8 Å². The molecule has 1 fully saturated rings. The van der Waals surface area contributed by atoms with Gasteiger partial charge in [-0.15, -0.1) is 0 Å². The smallest absolute Gasteiger partial charge is 0.343 e. The van der Waals surface area contributed by atoms with Gasteiger partial charge in [-0.3, -0.25) is 0 Å². The number of fused-ring (bicyclic) bond motifs is 3. The Hall–Kier alpha value is -3.31. The molecule has 1 saturated heterocycles. The summed E-state index contributed by atoms with van der Waals surface area (Å²) in [6.07, 6.45) is 0.100. The Morgan fingerprint density at radius 3 is 2.59 bits per heavy atom. The van der Waals surface area contributed by atoms with Crippen LogP contribution in [-0.2, 0) is 4.74 Å². The number of rotatable bonds is 5. The van der Waals surface area contributed by atoms with E-state index in [9.17, 15) is 4.79 Å². The third-order valence-corrected chi connectivity index (χ3v) is 4.62. The van der Waals surface area contributed by atoms with Gasteiger partial charge < -0.3 is 19.2 Å². The summed E-state index contributed by atoms with van der Waals surface area (Å²) in [6, 6.07) is 20.6. The first-order valence-corrected chi connectivity index (χ1v) is 8.84. The SMILES string of the molecule is O=C(Oc1ccc2[nH]c3ccccc3c2c1OCC1CO1)c1ccccc1. The summed E-state index contributed by atoms with van der Waals surface area (Å²) in [5.41, 5.74) is 2.43. The van der Waals surface area contributed by atoms with Gasteiger partial charge in [0.05, 0.1) is 23.1 Å². The number of hydrogen-bond acceptors (Lipinski definition) is 4. The zero-order chi connectivity index (χ0) is 18.2. The van der Waals surface area contributed by atoms with Crippen LogP contribution in [0.15, 0.2) is 66.7 Å². The van der Waals surface area contributed by atoms with Crippen molar-refractivity contribution in [1.82, 2.24) is 4.98 Å². The largest absolute Gasteiger partial charge is 0.486 e. The molecule has 5 heteroatoms. The van der Waals surface area contributed by atoms with Crippen LogP contribution in [0.4, 0.5) is 0 Å². The van der Waals surface area contributed by atoms with Crippen LogP contribution in [0, 0.1) is 0 Å². The maximum absolute atomic E-state index is 12.5. The first-order valence-electron chi connectivity index (χ1n) is 8.84. The number of carbonyl (C=O) groups excluding carboxylic acids is 1. The van der Waals surface area contributed by atoms with E-state index in [4.69, 9.17) is 14.2 Å². The van der Waals surface area contributed by atoms with Crippen molar-refractivity contribution >= 4 is 27.8 Å². The third kappa shape index (κ3) is 3.02. The number of para-hydroxylation sites is 1. The summed E-state index contributed by atoms with van der Waals surface area (Å²) in [6.45, 7) is 1.12. The van der Waals surface area contributed by atoms with Crippen LogP contribution < -0.4 is 9.47 Å². The van der Waals surface area contributed by atoms with Gasteiger partial charge in [0.15, 0.2) is 11.5 Å². The minimum atomic E-state index is -0.415. The third-order valence-electron chi connectivity index (χ3n) is 4.62. The van der Waals surface area contributed by atoms with Crippen LogP contribution in [0.1, 0.15) is 10.4 Å². The zero-order valence-electron chi connectivity index (χ0n) is 14.5. The molecule has 5 rings (SSSR count). The Morgan fingerprint density at radius 2 is 1.78 bits per heavy atom. The van der Waals surface area contributed by atoms with E-state index in [2.05, 4.69) is 4.98 Å². The summed E-state index contributed by atoms with van der Waals surface area (Å²) in [7, 11) is 0. The lowest BCUT2D eigenvalue weighted by Gasteiger charge is -2.13. The summed E-state index contributed by atoms with van der Waals surface area (Å²) in [5, 5.41) is 1.93. The van der Waals surface area contributed by atoms with Crippen LogP contribution >= 0.6 is 0 Å². The molecule has 1 atom stereocenters. The number of carbonyl (C=O) groups is 1. The predicted molar refractivity (Wildman–Crippen MR) is 102 cm³/mol. The standard InChI is InChI=1S/C22H17NO4/c24-22(14-6-2-1-3-7-14)27-19-11-10-18-20(21(19)26-13-15-12-25-15)16-8-4-5-9-17(16)23-18/h1-11,15,23H,12-13H2. The Bertz CT molecular complexity index is 1130. The molecular formula is C22H17NO4. The van der Waals surface area contributed by atoms with Crippen LogP contribution in [0.5, 0.6) is 11.5 Å². The lowest BCUT2D eigenvalue weighted by Crippen LogP contribution is -2.11. The van der Waals surface area contributed by atoms with Gasteiger partial charge in [0.2, 0.25) is 0 Å². The van der Waals surface area contributed by atoms with Crippen molar-refractivity contribution in [3.05, 3.63) is 72.3 Å². The summed E-state index contributed by atoms with van der Waals surface area (Å²) in [5.74, 6) is 0.550. The fourth-order valence-corrected chi connectivity index (χ4v) is 3.19. The van der Waals surface area contributed by atoms with Crippen molar-refractivity contribution in [2.75, 3.05) is 13.2 Å². The monoisotopic (exact) mass is 359 g/mol. The normalized spacial score (nSPS) is 15.8. The van der Waals surface area contributed by atoms with Gasteiger partial charge in [-0.2, -0.15) is 0 Å². The van der Waals surface area contributed by atoms with E-state index < -0.39 is 5.97 Å². The first-order chi connectivity index (χ1) is 13.3. The molecule has 1 unspecified atom stereocenters. The molecule has 1 aliphatic heterocycles. The van der Waals surface area contributed by atoms with Gasteiger partial charge in [0, 0.05) is 10.9 Å². The van der Waals surface area contributed by atoms with E-state index in [0.29, 0.717) is 30.3 Å². The molecule has 0 amide bonds. The number of nitrogens with one attached hydrogen (secondary N) is 1. The Kier molecular flexibility index (Phi) is 3.80. The number of epoxide rings is 1. The molecule has 1 aromatic heterocycles. The number of ether oxygens (including phenoxy) is 3. The average molecular weight is 359 g/mol.